The number of hydrogen-bond acceptors (Lipinski definition) is 7. The predicted molar refractivity (Wildman–Crippen MR) is 120 cm³/mol. The molecule has 1 aromatic heterocycles. The van der Waals surface area contributed by atoms with Gasteiger partial charge in [0.2, 0.25) is 17.7 Å². The summed E-state index contributed by atoms with van der Waals surface area (Å²) in [5.74, 6) is -0.708. The van der Waals surface area contributed by atoms with Gasteiger partial charge >= 0.3 is 5.97 Å². The molecular weight excluding hydrogens is 432 g/mol. The van der Waals surface area contributed by atoms with E-state index in [-0.39, 0.29) is 42.2 Å². The van der Waals surface area contributed by atoms with Gasteiger partial charge < -0.3 is 25.6 Å². The van der Waals surface area contributed by atoms with Gasteiger partial charge in [-0.2, -0.15) is 0 Å². The lowest BCUT2D eigenvalue weighted by atomic mass is 9.95. The first-order valence-electron chi connectivity index (χ1n) is 11.2. The van der Waals surface area contributed by atoms with Gasteiger partial charge in [-0.1, -0.05) is 6.07 Å². The molecule has 0 spiro atoms. The van der Waals surface area contributed by atoms with Crippen molar-refractivity contribution in [2.45, 2.75) is 63.1 Å². The van der Waals surface area contributed by atoms with Crippen molar-refractivity contribution in [2.75, 3.05) is 26.7 Å². The van der Waals surface area contributed by atoms with E-state index >= 15 is 0 Å². The summed E-state index contributed by atoms with van der Waals surface area (Å²) in [5.41, 5.74) is 0. The van der Waals surface area contributed by atoms with Crippen LogP contribution in [0.3, 0.4) is 0 Å². The summed E-state index contributed by atoms with van der Waals surface area (Å²) in [6.45, 7) is 1.54. The Morgan fingerprint density at radius 2 is 2.12 bits per heavy atom. The number of thiophene rings is 1. The van der Waals surface area contributed by atoms with Crippen molar-refractivity contribution in [3.05, 3.63) is 22.4 Å². The molecule has 2 aliphatic rings. The van der Waals surface area contributed by atoms with Crippen LogP contribution in [-0.2, 0) is 30.3 Å². The summed E-state index contributed by atoms with van der Waals surface area (Å²) in [6, 6.07) is 2.76. The topological polar surface area (TPSA) is 117 Å². The van der Waals surface area contributed by atoms with Crippen LogP contribution in [0.2, 0.25) is 0 Å². The zero-order valence-electron chi connectivity index (χ0n) is 18.4. The molecule has 32 heavy (non-hydrogen) atoms. The number of esters is 1. The summed E-state index contributed by atoms with van der Waals surface area (Å²) in [5, 5.41) is 11.0. The second-order valence-corrected chi connectivity index (χ2v) is 9.24. The van der Waals surface area contributed by atoms with Crippen molar-refractivity contribution in [1.29, 1.82) is 0 Å². The molecule has 9 nitrogen and oxygen atoms in total. The fourth-order valence-corrected chi connectivity index (χ4v) is 4.92. The highest BCUT2D eigenvalue weighted by Crippen LogP contribution is 2.22. The molecular formula is C22H32N4O5S. The third-order valence-electron chi connectivity index (χ3n) is 5.91. The van der Waals surface area contributed by atoms with E-state index in [9.17, 15) is 19.2 Å². The van der Waals surface area contributed by atoms with Crippen LogP contribution in [0, 0.1) is 0 Å². The minimum absolute atomic E-state index is 0.0550. The maximum atomic E-state index is 13.1. The summed E-state index contributed by atoms with van der Waals surface area (Å²) in [7, 11) is 1.33. The van der Waals surface area contributed by atoms with Gasteiger partial charge in [-0.25, -0.2) is 0 Å². The first-order valence-corrected chi connectivity index (χ1v) is 12.1. The Bertz CT molecular complexity index is 794. The maximum absolute atomic E-state index is 13.1. The van der Waals surface area contributed by atoms with Crippen LogP contribution in [0.5, 0.6) is 0 Å². The fraction of sp³-hybridized carbons (Fsp3) is 0.636. The van der Waals surface area contributed by atoms with Crippen molar-refractivity contribution in [3.8, 4) is 0 Å². The Kier molecular flexibility index (Phi) is 9.04. The van der Waals surface area contributed by atoms with Gasteiger partial charge in [-0.15, -0.1) is 11.3 Å². The zero-order chi connectivity index (χ0) is 22.9. The van der Waals surface area contributed by atoms with Crippen LogP contribution in [0.25, 0.3) is 0 Å². The highest BCUT2D eigenvalue weighted by atomic mass is 32.1. The smallest absolute Gasteiger partial charge is 0.305 e. The lowest BCUT2D eigenvalue weighted by Crippen LogP contribution is -2.60. The Morgan fingerprint density at radius 1 is 1.28 bits per heavy atom. The second kappa shape index (κ2) is 12.0. The summed E-state index contributed by atoms with van der Waals surface area (Å²) in [6.07, 6.45) is 3.69. The van der Waals surface area contributed by atoms with E-state index < -0.39 is 6.04 Å². The van der Waals surface area contributed by atoms with Crippen LogP contribution in [-0.4, -0.2) is 73.5 Å². The molecule has 10 heteroatoms. The number of carbonyl (C=O) groups is 4. The molecule has 3 atom stereocenters. The van der Waals surface area contributed by atoms with Crippen LogP contribution in [0.15, 0.2) is 17.5 Å². The second-order valence-electron chi connectivity index (χ2n) is 8.21. The molecule has 2 fully saturated rings. The maximum Gasteiger partial charge on any atom is 0.305 e. The Hall–Kier alpha value is -2.46. The number of likely N-dealkylation sites (tertiary alicyclic amines) is 1. The predicted octanol–water partition coefficient (Wildman–Crippen LogP) is 0.588. The quantitative estimate of drug-likeness (QED) is 0.364. The molecule has 2 aliphatic heterocycles. The van der Waals surface area contributed by atoms with Crippen molar-refractivity contribution >= 4 is 35.0 Å². The number of rotatable bonds is 9. The zero-order valence-corrected chi connectivity index (χ0v) is 19.2. The van der Waals surface area contributed by atoms with E-state index in [0.29, 0.717) is 38.8 Å². The van der Waals surface area contributed by atoms with Crippen LogP contribution in [0.1, 0.15) is 43.4 Å². The normalized spacial score (nSPS) is 22.9. The number of carbonyl (C=O) groups excluding carboxylic acids is 4. The monoisotopic (exact) mass is 464 g/mol. The lowest BCUT2D eigenvalue weighted by Gasteiger charge is -2.40. The number of ether oxygens (including phenoxy) is 1. The standard InChI is InChI=1S/C22H32N4O5S/c1-31-20(28)7-3-10-24-21(29)18-13-15(25-19(27)14-16-5-4-12-32-16)8-11-26(18)22(30)17-6-2-9-23-17/h4-5,12,15,17-18,23H,2-3,6-11,13-14H2,1H3,(H,24,29)(H,25,27)/t15-,17+,18+/m0/s1. The summed E-state index contributed by atoms with van der Waals surface area (Å²) >= 11 is 1.53. The third-order valence-corrected chi connectivity index (χ3v) is 6.79. The van der Waals surface area contributed by atoms with Crippen LogP contribution in [0.4, 0.5) is 0 Å². The molecule has 1 aromatic rings. The average Bonchev–Trinajstić information content (AvgIpc) is 3.50. The van der Waals surface area contributed by atoms with Crippen molar-refractivity contribution in [2.24, 2.45) is 0 Å². The lowest BCUT2D eigenvalue weighted by molar-refractivity contribution is -0.144. The summed E-state index contributed by atoms with van der Waals surface area (Å²) in [4.78, 5) is 52.4. The average molecular weight is 465 g/mol. The molecule has 0 unspecified atom stereocenters. The number of piperidine rings is 1. The molecule has 3 rings (SSSR count). The fourth-order valence-electron chi connectivity index (χ4n) is 4.22. The van der Waals surface area contributed by atoms with E-state index in [2.05, 4.69) is 20.7 Å². The van der Waals surface area contributed by atoms with Crippen molar-refractivity contribution in [3.63, 3.8) is 0 Å². The SMILES string of the molecule is COC(=O)CCCNC(=O)[C@H]1C[C@@H](NC(=O)Cc2cccs2)CCN1C(=O)[C@H]1CCCN1. The summed E-state index contributed by atoms with van der Waals surface area (Å²) < 4.78 is 4.62. The van der Waals surface area contributed by atoms with Gasteiger partial charge in [-0.3, -0.25) is 19.2 Å². The largest absolute Gasteiger partial charge is 0.469 e. The molecule has 0 bridgehead atoms. The van der Waals surface area contributed by atoms with Crippen molar-refractivity contribution < 1.29 is 23.9 Å². The molecule has 0 radical (unpaired) electrons. The molecule has 176 valence electrons. The Labute approximate surface area is 192 Å². The van der Waals surface area contributed by atoms with Gasteiger partial charge in [0.25, 0.3) is 0 Å². The Morgan fingerprint density at radius 3 is 2.81 bits per heavy atom. The first-order chi connectivity index (χ1) is 15.5. The van der Waals surface area contributed by atoms with Gasteiger partial charge in [0, 0.05) is 30.4 Å². The van der Waals surface area contributed by atoms with E-state index in [1.54, 1.807) is 4.90 Å². The minimum atomic E-state index is -0.649. The van der Waals surface area contributed by atoms with E-state index in [1.165, 1.54) is 18.4 Å². The third kappa shape index (κ3) is 6.77. The molecule has 0 saturated carbocycles. The van der Waals surface area contributed by atoms with Gasteiger partial charge in [0.05, 0.1) is 19.6 Å². The molecule has 0 aliphatic carbocycles. The highest BCUT2D eigenvalue weighted by Gasteiger charge is 2.39. The highest BCUT2D eigenvalue weighted by molar-refractivity contribution is 7.10. The molecule has 3 heterocycles. The van der Waals surface area contributed by atoms with E-state index in [0.717, 1.165) is 24.3 Å². The minimum Gasteiger partial charge on any atom is -0.469 e. The van der Waals surface area contributed by atoms with Crippen LogP contribution < -0.4 is 16.0 Å². The molecule has 3 N–H and O–H groups in total. The number of nitrogens with zero attached hydrogens (tertiary/aromatic N) is 1. The molecule has 0 aromatic carbocycles. The van der Waals surface area contributed by atoms with Crippen molar-refractivity contribution in [1.82, 2.24) is 20.9 Å². The number of hydrogen-bond donors (Lipinski definition) is 3. The van der Waals surface area contributed by atoms with Gasteiger partial charge in [-0.05, 0) is 50.1 Å². The van der Waals surface area contributed by atoms with E-state index in [1.807, 2.05) is 17.5 Å². The first kappa shape index (κ1) is 24.2. The number of amides is 3. The van der Waals surface area contributed by atoms with Gasteiger partial charge in [0.1, 0.15) is 6.04 Å². The molecule has 3 amide bonds. The number of nitrogens with one attached hydrogen (secondary N) is 3. The number of methoxy groups -OCH3 is 1. The van der Waals surface area contributed by atoms with E-state index in [4.69, 9.17) is 0 Å². The van der Waals surface area contributed by atoms with Crippen LogP contribution >= 0.6 is 11.3 Å². The molecule has 2 saturated heterocycles. The Balaban J connectivity index is 1.59. The van der Waals surface area contributed by atoms with Gasteiger partial charge in [0.15, 0.2) is 0 Å².